The van der Waals surface area contributed by atoms with E-state index in [4.69, 9.17) is 0 Å². The van der Waals surface area contributed by atoms with Gasteiger partial charge in [-0.25, -0.2) is 0 Å². The SMILES string of the molecule is CC=CC(=O)NC(C)c1nnc2n1CCCCC2. The molecule has 0 saturated heterocycles. The maximum absolute atomic E-state index is 11.5. The molecule has 0 fully saturated rings. The lowest BCUT2D eigenvalue weighted by Gasteiger charge is -2.14. The van der Waals surface area contributed by atoms with Gasteiger partial charge in [0.25, 0.3) is 0 Å². The number of aryl methyl sites for hydroxylation is 1. The molecule has 2 rings (SSSR count). The Labute approximate surface area is 107 Å². The number of rotatable bonds is 3. The zero-order chi connectivity index (χ0) is 13.0. The van der Waals surface area contributed by atoms with E-state index in [0.717, 1.165) is 31.0 Å². The van der Waals surface area contributed by atoms with Crippen molar-refractivity contribution in [2.75, 3.05) is 0 Å². The van der Waals surface area contributed by atoms with Crippen LogP contribution in [0.4, 0.5) is 0 Å². The van der Waals surface area contributed by atoms with Gasteiger partial charge in [0.15, 0.2) is 5.82 Å². The maximum Gasteiger partial charge on any atom is 0.244 e. The molecule has 0 bridgehead atoms. The van der Waals surface area contributed by atoms with Crippen molar-refractivity contribution in [3.63, 3.8) is 0 Å². The van der Waals surface area contributed by atoms with Crippen molar-refractivity contribution in [2.24, 2.45) is 0 Å². The maximum atomic E-state index is 11.5. The molecule has 1 atom stereocenters. The molecule has 2 heterocycles. The average Bonchev–Trinajstić information content (AvgIpc) is 2.59. The van der Waals surface area contributed by atoms with E-state index in [1.54, 1.807) is 6.08 Å². The van der Waals surface area contributed by atoms with Crippen LogP contribution in [0.25, 0.3) is 0 Å². The molecule has 1 aliphatic rings. The fourth-order valence-corrected chi connectivity index (χ4v) is 2.31. The molecule has 0 aromatic carbocycles. The Kier molecular flexibility index (Phi) is 4.12. The van der Waals surface area contributed by atoms with E-state index in [-0.39, 0.29) is 11.9 Å². The zero-order valence-electron chi connectivity index (χ0n) is 11.0. The van der Waals surface area contributed by atoms with Gasteiger partial charge in [-0.2, -0.15) is 0 Å². The number of fused-ring (bicyclic) bond motifs is 1. The Balaban J connectivity index is 2.13. The second-order valence-corrected chi connectivity index (χ2v) is 4.67. The topological polar surface area (TPSA) is 59.8 Å². The Hall–Kier alpha value is -1.65. The first kappa shape index (κ1) is 12.8. The van der Waals surface area contributed by atoms with Crippen LogP contribution in [-0.4, -0.2) is 20.7 Å². The smallest absolute Gasteiger partial charge is 0.244 e. The fraction of sp³-hybridized carbons (Fsp3) is 0.615. The largest absolute Gasteiger partial charge is 0.343 e. The molecule has 18 heavy (non-hydrogen) atoms. The highest BCUT2D eigenvalue weighted by atomic mass is 16.1. The van der Waals surface area contributed by atoms with Crippen molar-refractivity contribution < 1.29 is 4.79 Å². The quantitative estimate of drug-likeness (QED) is 0.829. The highest BCUT2D eigenvalue weighted by Crippen LogP contribution is 2.18. The van der Waals surface area contributed by atoms with Gasteiger partial charge in [0.05, 0.1) is 6.04 Å². The van der Waals surface area contributed by atoms with Crippen LogP contribution < -0.4 is 5.32 Å². The lowest BCUT2D eigenvalue weighted by atomic mass is 10.2. The molecule has 1 unspecified atom stereocenters. The molecular weight excluding hydrogens is 228 g/mol. The summed E-state index contributed by atoms with van der Waals surface area (Å²) in [4.78, 5) is 11.5. The summed E-state index contributed by atoms with van der Waals surface area (Å²) >= 11 is 0. The van der Waals surface area contributed by atoms with Crippen LogP contribution in [0, 0.1) is 0 Å². The molecule has 1 aromatic rings. The lowest BCUT2D eigenvalue weighted by molar-refractivity contribution is -0.117. The highest BCUT2D eigenvalue weighted by Gasteiger charge is 2.19. The normalized spacial score (nSPS) is 17.2. The van der Waals surface area contributed by atoms with Crippen LogP contribution in [0.1, 0.15) is 50.8 Å². The summed E-state index contributed by atoms with van der Waals surface area (Å²) in [6.45, 7) is 4.73. The number of amides is 1. The summed E-state index contributed by atoms with van der Waals surface area (Å²) in [5.41, 5.74) is 0. The molecule has 0 radical (unpaired) electrons. The monoisotopic (exact) mass is 248 g/mol. The number of hydrogen-bond donors (Lipinski definition) is 1. The van der Waals surface area contributed by atoms with Crippen LogP contribution in [0.3, 0.4) is 0 Å². The minimum absolute atomic E-state index is 0.0871. The Morgan fingerprint density at radius 2 is 2.22 bits per heavy atom. The Bertz CT molecular complexity index is 450. The van der Waals surface area contributed by atoms with Crippen LogP contribution in [-0.2, 0) is 17.8 Å². The third-order valence-corrected chi connectivity index (χ3v) is 3.20. The first-order valence-electron chi connectivity index (χ1n) is 6.57. The number of hydrogen-bond acceptors (Lipinski definition) is 3. The number of carbonyl (C=O) groups excluding carboxylic acids is 1. The molecule has 5 heteroatoms. The van der Waals surface area contributed by atoms with Gasteiger partial charge >= 0.3 is 0 Å². The van der Waals surface area contributed by atoms with Gasteiger partial charge in [-0.15, -0.1) is 10.2 Å². The fourth-order valence-electron chi connectivity index (χ4n) is 2.31. The van der Waals surface area contributed by atoms with E-state index < -0.39 is 0 Å². The number of aromatic nitrogens is 3. The molecule has 0 aliphatic carbocycles. The Morgan fingerprint density at radius 3 is 3.00 bits per heavy atom. The van der Waals surface area contributed by atoms with E-state index in [1.165, 1.54) is 18.9 Å². The predicted octanol–water partition coefficient (Wildman–Crippen LogP) is 1.76. The second-order valence-electron chi connectivity index (χ2n) is 4.67. The van der Waals surface area contributed by atoms with Gasteiger partial charge in [-0.1, -0.05) is 12.5 Å². The number of nitrogens with zero attached hydrogens (tertiary/aromatic N) is 3. The second kappa shape index (κ2) is 5.80. The lowest BCUT2D eigenvalue weighted by Crippen LogP contribution is -2.27. The summed E-state index contributed by atoms with van der Waals surface area (Å²) in [5.74, 6) is 1.83. The molecule has 1 aliphatic heterocycles. The third-order valence-electron chi connectivity index (χ3n) is 3.20. The van der Waals surface area contributed by atoms with Crippen molar-refractivity contribution in [3.05, 3.63) is 23.8 Å². The minimum atomic E-state index is -0.104. The Morgan fingerprint density at radius 1 is 1.39 bits per heavy atom. The van der Waals surface area contributed by atoms with Crippen LogP contribution in [0.5, 0.6) is 0 Å². The molecular formula is C13H20N4O. The summed E-state index contributed by atoms with van der Waals surface area (Å²) < 4.78 is 2.16. The van der Waals surface area contributed by atoms with Crippen LogP contribution in [0.15, 0.2) is 12.2 Å². The third kappa shape index (κ3) is 2.78. The van der Waals surface area contributed by atoms with E-state index in [0.29, 0.717) is 0 Å². The summed E-state index contributed by atoms with van der Waals surface area (Å²) in [7, 11) is 0. The van der Waals surface area contributed by atoms with E-state index in [9.17, 15) is 4.79 Å². The standard InChI is InChI=1S/C13H20N4O/c1-3-7-12(18)14-10(2)13-16-15-11-8-5-4-6-9-17(11)13/h3,7,10H,4-6,8-9H2,1-2H3,(H,14,18). The van der Waals surface area contributed by atoms with Gasteiger partial charge in [-0.3, -0.25) is 4.79 Å². The molecule has 1 N–H and O–H groups in total. The molecule has 1 amide bonds. The summed E-state index contributed by atoms with van der Waals surface area (Å²) in [6.07, 6.45) is 7.82. The minimum Gasteiger partial charge on any atom is -0.343 e. The van der Waals surface area contributed by atoms with Crippen LogP contribution in [0.2, 0.25) is 0 Å². The van der Waals surface area contributed by atoms with E-state index in [1.807, 2.05) is 13.8 Å². The van der Waals surface area contributed by atoms with Gasteiger partial charge in [0.1, 0.15) is 5.82 Å². The van der Waals surface area contributed by atoms with Crippen molar-refractivity contribution in [2.45, 2.75) is 52.1 Å². The zero-order valence-corrected chi connectivity index (χ0v) is 11.0. The van der Waals surface area contributed by atoms with Gasteiger partial charge in [0, 0.05) is 13.0 Å². The number of allylic oxidation sites excluding steroid dienone is 1. The first-order chi connectivity index (χ1) is 8.72. The van der Waals surface area contributed by atoms with Crippen molar-refractivity contribution in [1.29, 1.82) is 0 Å². The van der Waals surface area contributed by atoms with Gasteiger partial charge in [0.2, 0.25) is 5.91 Å². The molecule has 98 valence electrons. The first-order valence-corrected chi connectivity index (χ1v) is 6.57. The van der Waals surface area contributed by atoms with Gasteiger partial charge in [-0.05, 0) is 32.8 Å². The molecule has 0 spiro atoms. The predicted molar refractivity (Wildman–Crippen MR) is 68.9 cm³/mol. The number of nitrogens with one attached hydrogen (secondary N) is 1. The van der Waals surface area contributed by atoms with Crippen LogP contribution >= 0.6 is 0 Å². The average molecular weight is 248 g/mol. The molecule has 0 saturated carbocycles. The molecule has 5 nitrogen and oxygen atoms in total. The summed E-state index contributed by atoms with van der Waals surface area (Å²) in [6, 6.07) is -0.104. The van der Waals surface area contributed by atoms with Gasteiger partial charge < -0.3 is 9.88 Å². The summed E-state index contributed by atoms with van der Waals surface area (Å²) in [5, 5.41) is 11.4. The molecule has 1 aromatic heterocycles. The number of carbonyl (C=O) groups is 1. The van der Waals surface area contributed by atoms with E-state index >= 15 is 0 Å². The van der Waals surface area contributed by atoms with Crippen molar-refractivity contribution >= 4 is 5.91 Å². The van der Waals surface area contributed by atoms with E-state index in [2.05, 4.69) is 20.1 Å². The van der Waals surface area contributed by atoms with Crippen molar-refractivity contribution in [1.82, 2.24) is 20.1 Å². The highest BCUT2D eigenvalue weighted by molar-refractivity contribution is 5.87. The van der Waals surface area contributed by atoms with Crippen molar-refractivity contribution in [3.8, 4) is 0 Å².